The Hall–Kier alpha value is -3.60. The van der Waals surface area contributed by atoms with Crippen LogP contribution in [0.15, 0.2) is 91.0 Å². The van der Waals surface area contributed by atoms with Crippen molar-refractivity contribution >= 4 is 11.8 Å². The quantitative estimate of drug-likeness (QED) is 0.546. The Kier molecular flexibility index (Phi) is 8.23. The molecule has 2 amide bonds. The minimum atomic E-state index is -0.644. The first kappa shape index (κ1) is 22.1. The number of para-hydroxylation sites is 1. The van der Waals surface area contributed by atoms with E-state index >= 15 is 0 Å². The van der Waals surface area contributed by atoms with Crippen molar-refractivity contribution in [2.75, 3.05) is 13.2 Å². The first-order chi connectivity index (χ1) is 15.2. The van der Waals surface area contributed by atoms with Crippen LogP contribution in [-0.4, -0.2) is 35.9 Å². The average molecular weight is 417 g/mol. The van der Waals surface area contributed by atoms with Crippen molar-refractivity contribution < 1.29 is 14.3 Å². The molecule has 0 aliphatic heterocycles. The molecule has 0 radical (unpaired) electrons. The van der Waals surface area contributed by atoms with Gasteiger partial charge in [-0.25, -0.2) is 0 Å². The molecular formula is C26H28N2O3. The molecule has 0 aliphatic rings. The number of hydrogen-bond acceptors (Lipinski definition) is 3. The van der Waals surface area contributed by atoms with Crippen LogP contribution in [-0.2, 0) is 22.6 Å². The van der Waals surface area contributed by atoms with Crippen molar-refractivity contribution in [1.29, 1.82) is 0 Å². The van der Waals surface area contributed by atoms with Crippen molar-refractivity contribution in [3.63, 3.8) is 0 Å². The Morgan fingerprint density at radius 3 is 1.97 bits per heavy atom. The lowest BCUT2D eigenvalue weighted by molar-refractivity contribution is -0.142. The summed E-state index contributed by atoms with van der Waals surface area (Å²) in [5.74, 6) is 0.211. The lowest BCUT2D eigenvalue weighted by Crippen LogP contribution is -2.51. The number of rotatable bonds is 10. The van der Waals surface area contributed by atoms with Gasteiger partial charge in [-0.15, -0.1) is 0 Å². The molecular weight excluding hydrogens is 388 g/mol. The van der Waals surface area contributed by atoms with E-state index in [1.807, 2.05) is 85.8 Å². The Balaban J connectivity index is 1.86. The molecule has 0 heterocycles. The van der Waals surface area contributed by atoms with Gasteiger partial charge < -0.3 is 15.0 Å². The Morgan fingerprint density at radius 2 is 1.39 bits per heavy atom. The third-order valence-corrected chi connectivity index (χ3v) is 4.92. The molecule has 5 heteroatoms. The zero-order chi connectivity index (χ0) is 21.9. The van der Waals surface area contributed by atoms with Gasteiger partial charge in [-0.3, -0.25) is 9.59 Å². The summed E-state index contributed by atoms with van der Waals surface area (Å²) in [5, 5.41) is 2.89. The maximum Gasteiger partial charge on any atom is 0.261 e. The number of carbonyl (C=O) groups is 2. The minimum absolute atomic E-state index is 0.137. The van der Waals surface area contributed by atoms with Crippen LogP contribution in [0.1, 0.15) is 18.1 Å². The van der Waals surface area contributed by atoms with Crippen LogP contribution >= 0.6 is 0 Å². The van der Waals surface area contributed by atoms with Gasteiger partial charge in [0, 0.05) is 19.5 Å². The highest BCUT2D eigenvalue weighted by molar-refractivity contribution is 5.88. The number of nitrogens with zero attached hydrogens (tertiary/aromatic N) is 1. The van der Waals surface area contributed by atoms with Gasteiger partial charge in [0.1, 0.15) is 11.8 Å². The number of nitrogens with one attached hydrogen (secondary N) is 1. The predicted octanol–water partition coefficient (Wildman–Crippen LogP) is 3.84. The maximum absolute atomic E-state index is 13.3. The van der Waals surface area contributed by atoms with E-state index in [0.29, 0.717) is 25.3 Å². The molecule has 3 aromatic rings. The van der Waals surface area contributed by atoms with E-state index in [2.05, 4.69) is 5.32 Å². The van der Waals surface area contributed by atoms with E-state index in [1.54, 1.807) is 17.0 Å². The van der Waals surface area contributed by atoms with Crippen LogP contribution in [0.25, 0.3) is 0 Å². The SMILES string of the molecule is CCNC(=O)[C@H](Cc1ccccc1)N(Cc1ccccc1)C(=O)COc1ccccc1. The molecule has 0 saturated heterocycles. The molecule has 160 valence electrons. The smallest absolute Gasteiger partial charge is 0.261 e. The van der Waals surface area contributed by atoms with Crippen LogP contribution in [0.5, 0.6) is 5.75 Å². The number of ether oxygens (including phenoxy) is 1. The second-order valence-corrected chi connectivity index (χ2v) is 7.21. The maximum atomic E-state index is 13.3. The molecule has 1 atom stereocenters. The van der Waals surface area contributed by atoms with Gasteiger partial charge in [-0.05, 0) is 30.2 Å². The van der Waals surface area contributed by atoms with Gasteiger partial charge in [-0.2, -0.15) is 0 Å². The zero-order valence-electron chi connectivity index (χ0n) is 17.7. The molecule has 3 aromatic carbocycles. The lowest BCUT2D eigenvalue weighted by Gasteiger charge is -2.31. The van der Waals surface area contributed by atoms with Gasteiger partial charge in [0.15, 0.2) is 6.61 Å². The lowest BCUT2D eigenvalue weighted by atomic mass is 10.0. The molecule has 3 rings (SSSR count). The topological polar surface area (TPSA) is 58.6 Å². The third-order valence-electron chi connectivity index (χ3n) is 4.92. The highest BCUT2D eigenvalue weighted by Gasteiger charge is 2.30. The minimum Gasteiger partial charge on any atom is -0.484 e. The van der Waals surface area contributed by atoms with Crippen molar-refractivity contribution in [2.45, 2.75) is 25.9 Å². The number of benzene rings is 3. The van der Waals surface area contributed by atoms with E-state index in [9.17, 15) is 9.59 Å². The van der Waals surface area contributed by atoms with E-state index in [-0.39, 0.29) is 18.4 Å². The fourth-order valence-electron chi connectivity index (χ4n) is 3.37. The molecule has 0 aliphatic carbocycles. The predicted molar refractivity (Wildman–Crippen MR) is 122 cm³/mol. The van der Waals surface area contributed by atoms with Crippen LogP contribution in [0.4, 0.5) is 0 Å². The van der Waals surface area contributed by atoms with Crippen LogP contribution in [0.3, 0.4) is 0 Å². The van der Waals surface area contributed by atoms with Crippen molar-refractivity contribution in [1.82, 2.24) is 10.2 Å². The van der Waals surface area contributed by atoms with Gasteiger partial charge >= 0.3 is 0 Å². The van der Waals surface area contributed by atoms with Crippen LogP contribution < -0.4 is 10.1 Å². The summed E-state index contributed by atoms with van der Waals surface area (Å²) < 4.78 is 5.70. The monoisotopic (exact) mass is 416 g/mol. The Bertz CT molecular complexity index is 946. The number of amides is 2. The molecule has 0 spiro atoms. The van der Waals surface area contributed by atoms with Gasteiger partial charge in [-0.1, -0.05) is 78.9 Å². The van der Waals surface area contributed by atoms with Gasteiger partial charge in [0.25, 0.3) is 5.91 Å². The summed E-state index contributed by atoms with van der Waals surface area (Å²) in [6.07, 6.45) is 0.427. The van der Waals surface area contributed by atoms with Crippen LogP contribution in [0, 0.1) is 0 Å². The molecule has 0 aromatic heterocycles. The van der Waals surface area contributed by atoms with E-state index in [1.165, 1.54) is 0 Å². The molecule has 1 N–H and O–H groups in total. The normalized spacial score (nSPS) is 11.4. The van der Waals surface area contributed by atoms with Gasteiger partial charge in [0.05, 0.1) is 0 Å². The summed E-state index contributed by atoms with van der Waals surface area (Å²) in [5.41, 5.74) is 1.95. The van der Waals surface area contributed by atoms with Crippen LogP contribution in [0.2, 0.25) is 0 Å². The second kappa shape index (κ2) is 11.6. The molecule has 0 bridgehead atoms. The summed E-state index contributed by atoms with van der Waals surface area (Å²) in [6, 6.07) is 28.0. The molecule has 0 unspecified atom stereocenters. The highest BCUT2D eigenvalue weighted by Crippen LogP contribution is 2.16. The summed E-state index contributed by atoms with van der Waals surface area (Å²) in [6.45, 7) is 2.56. The van der Waals surface area contributed by atoms with Crippen molar-refractivity contribution in [2.24, 2.45) is 0 Å². The Labute approximate surface area is 183 Å². The van der Waals surface area contributed by atoms with E-state index < -0.39 is 6.04 Å². The summed E-state index contributed by atoms with van der Waals surface area (Å²) in [7, 11) is 0. The molecule has 31 heavy (non-hydrogen) atoms. The number of hydrogen-bond donors (Lipinski definition) is 1. The summed E-state index contributed by atoms with van der Waals surface area (Å²) in [4.78, 5) is 27.9. The summed E-state index contributed by atoms with van der Waals surface area (Å²) >= 11 is 0. The first-order valence-corrected chi connectivity index (χ1v) is 10.5. The largest absolute Gasteiger partial charge is 0.484 e. The van der Waals surface area contributed by atoms with Crippen molar-refractivity contribution in [3.8, 4) is 5.75 Å². The van der Waals surface area contributed by atoms with Gasteiger partial charge in [0.2, 0.25) is 5.91 Å². The average Bonchev–Trinajstić information content (AvgIpc) is 2.82. The van der Waals surface area contributed by atoms with E-state index in [0.717, 1.165) is 11.1 Å². The zero-order valence-corrected chi connectivity index (χ0v) is 17.7. The molecule has 0 saturated carbocycles. The Morgan fingerprint density at radius 1 is 0.839 bits per heavy atom. The fourth-order valence-corrected chi connectivity index (χ4v) is 3.37. The standard InChI is InChI=1S/C26H28N2O3/c1-2-27-26(30)24(18-21-12-6-3-7-13-21)28(19-22-14-8-4-9-15-22)25(29)20-31-23-16-10-5-11-17-23/h3-17,24H,2,18-20H2,1H3,(H,27,30)/t24-/m0/s1. The van der Waals surface area contributed by atoms with Crippen molar-refractivity contribution in [3.05, 3.63) is 102 Å². The fraction of sp³-hybridized carbons (Fsp3) is 0.231. The second-order valence-electron chi connectivity index (χ2n) is 7.21. The molecule has 0 fully saturated rings. The first-order valence-electron chi connectivity index (χ1n) is 10.5. The van der Waals surface area contributed by atoms with E-state index in [4.69, 9.17) is 4.74 Å². The number of likely N-dealkylation sites (N-methyl/N-ethyl adjacent to an activating group) is 1. The molecule has 5 nitrogen and oxygen atoms in total. The third kappa shape index (κ3) is 6.71. The highest BCUT2D eigenvalue weighted by atomic mass is 16.5. The number of carbonyl (C=O) groups excluding carboxylic acids is 2.